The lowest BCUT2D eigenvalue weighted by molar-refractivity contribution is -0.177. The Morgan fingerprint density at radius 3 is 1.92 bits per heavy atom. The van der Waals surface area contributed by atoms with Crippen LogP contribution in [0.25, 0.3) is 0 Å². The summed E-state index contributed by atoms with van der Waals surface area (Å²) in [5.41, 5.74) is 0. The Labute approximate surface area is 215 Å². The third-order valence-electron chi connectivity index (χ3n) is 6.63. The SMILES string of the molecule is CO[C@@H]1O[C@H](CCO[Si](c2ccccc2)(c2ccccc2)C(C)(C)C)[C@@H](COC(C)=O)[C@H]1OC(C)=O. The zero-order valence-corrected chi connectivity index (χ0v) is 23.1. The predicted molar refractivity (Wildman–Crippen MR) is 140 cm³/mol. The molecule has 2 aromatic rings. The molecule has 0 N–H and O–H groups in total. The molecular weight excluding hydrogens is 476 g/mol. The largest absolute Gasteiger partial charge is 0.465 e. The molecule has 1 heterocycles. The molecule has 0 aliphatic carbocycles. The minimum absolute atomic E-state index is 0.0665. The summed E-state index contributed by atoms with van der Waals surface area (Å²) in [5.74, 6) is -1.21. The Hall–Kier alpha value is -2.52. The fourth-order valence-corrected chi connectivity index (χ4v) is 9.66. The molecule has 0 amide bonds. The van der Waals surface area contributed by atoms with Gasteiger partial charge < -0.3 is 23.4 Å². The third kappa shape index (κ3) is 6.24. The molecule has 3 rings (SSSR count). The Balaban J connectivity index is 1.89. The molecule has 36 heavy (non-hydrogen) atoms. The fraction of sp³-hybridized carbons (Fsp3) is 0.500. The Morgan fingerprint density at radius 1 is 0.917 bits per heavy atom. The topological polar surface area (TPSA) is 80.3 Å². The van der Waals surface area contributed by atoms with Gasteiger partial charge in [-0.05, 0) is 21.8 Å². The van der Waals surface area contributed by atoms with E-state index in [0.717, 1.165) is 0 Å². The third-order valence-corrected chi connectivity index (χ3v) is 11.7. The smallest absolute Gasteiger partial charge is 0.303 e. The van der Waals surface area contributed by atoms with Crippen LogP contribution >= 0.6 is 0 Å². The van der Waals surface area contributed by atoms with Crippen molar-refractivity contribution in [2.75, 3.05) is 20.3 Å². The van der Waals surface area contributed by atoms with Crippen molar-refractivity contribution in [1.82, 2.24) is 0 Å². The van der Waals surface area contributed by atoms with Crippen LogP contribution in [-0.2, 0) is 33.0 Å². The van der Waals surface area contributed by atoms with Crippen molar-refractivity contribution in [3.63, 3.8) is 0 Å². The molecule has 7 nitrogen and oxygen atoms in total. The highest BCUT2D eigenvalue weighted by Gasteiger charge is 2.51. The summed E-state index contributed by atoms with van der Waals surface area (Å²) in [6, 6.07) is 20.8. The maximum Gasteiger partial charge on any atom is 0.303 e. The van der Waals surface area contributed by atoms with E-state index < -0.39 is 32.6 Å². The van der Waals surface area contributed by atoms with Crippen molar-refractivity contribution >= 4 is 30.6 Å². The van der Waals surface area contributed by atoms with Gasteiger partial charge in [-0.1, -0.05) is 81.4 Å². The standard InChI is InChI=1S/C28H38O7Si/c1-20(29)32-19-24-25(35-27(31-6)26(24)34-21(2)30)17-18-33-36(28(3,4)5,22-13-9-7-10-14-22)23-15-11-8-12-16-23/h7-16,24-27H,17-19H2,1-6H3/t24-,25-,26-,27-/m1/s1. The van der Waals surface area contributed by atoms with Crippen molar-refractivity contribution in [1.29, 1.82) is 0 Å². The van der Waals surface area contributed by atoms with Crippen LogP contribution in [0.2, 0.25) is 5.04 Å². The van der Waals surface area contributed by atoms with Gasteiger partial charge in [0.25, 0.3) is 8.32 Å². The van der Waals surface area contributed by atoms with Crippen LogP contribution in [0.5, 0.6) is 0 Å². The highest BCUT2D eigenvalue weighted by molar-refractivity contribution is 6.99. The Kier molecular flexibility index (Phi) is 9.46. The van der Waals surface area contributed by atoms with Crippen LogP contribution < -0.4 is 10.4 Å². The molecule has 0 unspecified atom stereocenters. The Morgan fingerprint density at radius 2 is 1.47 bits per heavy atom. The first-order valence-corrected chi connectivity index (χ1v) is 14.2. The highest BCUT2D eigenvalue weighted by atomic mass is 28.4. The molecule has 0 spiro atoms. The normalized spacial score (nSPS) is 22.3. The molecule has 1 saturated heterocycles. The van der Waals surface area contributed by atoms with Crippen LogP contribution in [0.1, 0.15) is 41.0 Å². The first-order chi connectivity index (χ1) is 17.1. The number of rotatable bonds is 10. The van der Waals surface area contributed by atoms with Crippen LogP contribution in [0.3, 0.4) is 0 Å². The second-order valence-corrected chi connectivity index (χ2v) is 14.4. The number of hydrogen-bond donors (Lipinski definition) is 0. The van der Waals surface area contributed by atoms with E-state index >= 15 is 0 Å². The zero-order chi connectivity index (χ0) is 26.3. The summed E-state index contributed by atoms with van der Waals surface area (Å²) in [6.07, 6.45) is -1.28. The average Bonchev–Trinajstić information content (AvgIpc) is 3.16. The van der Waals surface area contributed by atoms with E-state index in [1.165, 1.54) is 31.3 Å². The molecule has 2 aromatic carbocycles. The van der Waals surface area contributed by atoms with Crippen LogP contribution in [-0.4, -0.2) is 59.1 Å². The summed E-state index contributed by atoms with van der Waals surface area (Å²) < 4.78 is 29.4. The molecule has 0 saturated carbocycles. The zero-order valence-electron chi connectivity index (χ0n) is 22.1. The molecule has 1 fully saturated rings. The maximum atomic E-state index is 11.8. The number of carbonyl (C=O) groups excluding carboxylic acids is 2. The van der Waals surface area contributed by atoms with Gasteiger partial charge in [0.05, 0.1) is 12.0 Å². The van der Waals surface area contributed by atoms with Gasteiger partial charge in [0.1, 0.15) is 6.61 Å². The van der Waals surface area contributed by atoms with Crippen molar-refractivity contribution in [3.05, 3.63) is 60.7 Å². The molecule has 1 aliphatic heterocycles. The van der Waals surface area contributed by atoms with E-state index in [2.05, 4.69) is 69.3 Å². The van der Waals surface area contributed by atoms with E-state index in [1.807, 2.05) is 12.1 Å². The van der Waals surface area contributed by atoms with Gasteiger partial charge in [0.2, 0.25) is 0 Å². The van der Waals surface area contributed by atoms with Crippen LogP contribution in [0, 0.1) is 5.92 Å². The van der Waals surface area contributed by atoms with Crippen molar-refractivity contribution < 1.29 is 33.0 Å². The summed E-state index contributed by atoms with van der Waals surface area (Å²) in [7, 11) is -1.20. The summed E-state index contributed by atoms with van der Waals surface area (Å²) in [5, 5.41) is 2.23. The van der Waals surface area contributed by atoms with E-state index in [0.29, 0.717) is 13.0 Å². The van der Waals surface area contributed by atoms with Crippen molar-refractivity contribution in [3.8, 4) is 0 Å². The molecule has 0 aromatic heterocycles. The Bertz CT molecular complexity index is 950. The molecule has 0 radical (unpaired) electrons. The first-order valence-electron chi connectivity index (χ1n) is 12.3. The van der Waals surface area contributed by atoms with Gasteiger partial charge in [0, 0.05) is 27.6 Å². The van der Waals surface area contributed by atoms with E-state index in [1.54, 1.807) is 0 Å². The van der Waals surface area contributed by atoms with Crippen LogP contribution in [0.4, 0.5) is 0 Å². The van der Waals surface area contributed by atoms with Gasteiger partial charge in [-0.2, -0.15) is 0 Å². The highest BCUT2D eigenvalue weighted by Crippen LogP contribution is 2.38. The molecule has 196 valence electrons. The molecule has 4 atom stereocenters. The second kappa shape index (κ2) is 12.1. The summed E-state index contributed by atoms with van der Waals surface area (Å²) in [4.78, 5) is 23.3. The minimum atomic E-state index is -2.71. The quantitative estimate of drug-likeness (QED) is 0.355. The van der Waals surface area contributed by atoms with Gasteiger partial charge in [0.15, 0.2) is 12.4 Å². The molecule has 8 heteroatoms. The summed E-state index contributed by atoms with van der Waals surface area (Å²) >= 11 is 0. The van der Waals surface area contributed by atoms with Crippen LogP contribution in [0.15, 0.2) is 60.7 Å². The van der Waals surface area contributed by atoms with Gasteiger partial charge in [-0.25, -0.2) is 0 Å². The fourth-order valence-electron chi connectivity index (χ4n) is 5.08. The average molecular weight is 515 g/mol. The number of methoxy groups -OCH3 is 1. The minimum Gasteiger partial charge on any atom is -0.465 e. The van der Waals surface area contributed by atoms with Crippen molar-refractivity contribution in [2.45, 2.75) is 64.6 Å². The maximum absolute atomic E-state index is 11.8. The van der Waals surface area contributed by atoms with Crippen molar-refractivity contribution in [2.24, 2.45) is 5.92 Å². The number of benzene rings is 2. The molecule has 1 aliphatic rings. The van der Waals surface area contributed by atoms with Gasteiger partial charge >= 0.3 is 11.9 Å². The monoisotopic (exact) mass is 514 g/mol. The lowest BCUT2D eigenvalue weighted by Gasteiger charge is -2.43. The number of ether oxygens (including phenoxy) is 4. The molecule has 0 bridgehead atoms. The van der Waals surface area contributed by atoms with E-state index in [9.17, 15) is 9.59 Å². The number of hydrogen-bond acceptors (Lipinski definition) is 7. The number of carbonyl (C=O) groups is 2. The lowest BCUT2D eigenvalue weighted by atomic mass is 9.97. The summed E-state index contributed by atoms with van der Waals surface area (Å²) in [6.45, 7) is 9.86. The van der Waals surface area contributed by atoms with Gasteiger partial charge in [-0.3, -0.25) is 9.59 Å². The lowest BCUT2D eigenvalue weighted by Crippen LogP contribution is -2.66. The predicted octanol–water partition coefficient (Wildman–Crippen LogP) is 3.44. The van der Waals surface area contributed by atoms with Gasteiger partial charge in [-0.15, -0.1) is 0 Å². The number of esters is 2. The van der Waals surface area contributed by atoms with E-state index in [4.69, 9.17) is 23.4 Å². The second-order valence-electron chi connectivity index (χ2n) is 10.1. The first kappa shape index (κ1) is 28.1. The van der Waals surface area contributed by atoms with E-state index in [-0.39, 0.29) is 23.7 Å². The molecular formula is C28H38O7Si.